The molecule has 8 nitrogen and oxygen atoms in total. The minimum absolute atomic E-state index is 0.106. The Balaban J connectivity index is 0.000000970. The number of amidine groups is 1. The molecule has 0 aliphatic heterocycles. The van der Waals surface area contributed by atoms with E-state index in [1.54, 1.807) is 0 Å². The summed E-state index contributed by atoms with van der Waals surface area (Å²) < 4.78 is 5.17. The van der Waals surface area contributed by atoms with Gasteiger partial charge in [-0.3, -0.25) is 15.8 Å². The van der Waals surface area contributed by atoms with Crippen molar-refractivity contribution in [1.82, 2.24) is 5.01 Å². The highest BCUT2D eigenvalue weighted by Crippen LogP contribution is 2.30. The van der Waals surface area contributed by atoms with Crippen molar-refractivity contribution in [1.29, 1.82) is 10.8 Å². The molecule has 1 atom stereocenters. The lowest BCUT2D eigenvalue weighted by Crippen LogP contribution is -2.18. The van der Waals surface area contributed by atoms with E-state index in [1.165, 1.54) is 0 Å². The Morgan fingerprint density at radius 3 is 2.76 bits per heavy atom. The quantitative estimate of drug-likeness (QED) is 0.215. The second-order valence-electron chi connectivity index (χ2n) is 5.33. The molecule has 1 aliphatic carbocycles. The minimum atomic E-state index is -1.35. The number of rotatable bonds is 7. The van der Waals surface area contributed by atoms with Crippen LogP contribution in [0.4, 0.5) is 0 Å². The van der Waals surface area contributed by atoms with Gasteiger partial charge in [0.05, 0.1) is 18.7 Å². The molecular weight excluding hydrogens is 339 g/mol. The molecule has 0 saturated heterocycles. The summed E-state index contributed by atoms with van der Waals surface area (Å²) >= 11 is 0. The fourth-order valence-electron chi connectivity index (χ4n) is 2.56. The summed E-state index contributed by atoms with van der Waals surface area (Å²) in [7, 11) is 0.545. The van der Waals surface area contributed by atoms with Gasteiger partial charge in [-0.2, -0.15) is 5.10 Å². The fourth-order valence-corrected chi connectivity index (χ4v) is 3.45. The van der Waals surface area contributed by atoms with Crippen LogP contribution in [0, 0.1) is 10.8 Å². The summed E-state index contributed by atoms with van der Waals surface area (Å²) in [5.74, 6) is 0.106. The third-order valence-electron chi connectivity index (χ3n) is 3.57. The zero-order chi connectivity index (χ0) is 18.8. The van der Waals surface area contributed by atoms with Gasteiger partial charge >= 0.3 is 0 Å². The smallest absolute Gasteiger partial charge is 0.169 e. The Labute approximate surface area is 149 Å². The standard InChI is InChI=1S/C15H23N4O2P.CH4N2/c1-3-21-22(20)10-9-19(2)18-14-8-7-11-12(14)5-4-6-13(11)15(16)17;2-1-3/h4-6,20H,3,7-10H2,1-2H3,(H3,16,17);1H,(H3,2,3)/b18-14+;. The van der Waals surface area contributed by atoms with Crippen LogP contribution in [-0.4, -0.2) is 54.1 Å². The first-order valence-corrected chi connectivity index (χ1v) is 9.39. The Bertz CT molecular complexity index is 623. The first kappa shape index (κ1) is 21.0. The molecule has 1 aromatic carbocycles. The van der Waals surface area contributed by atoms with Crippen LogP contribution in [0.3, 0.4) is 0 Å². The number of hydrazone groups is 1. The minimum Gasteiger partial charge on any atom is -0.390 e. The van der Waals surface area contributed by atoms with Gasteiger partial charge in [-0.1, -0.05) is 18.2 Å². The van der Waals surface area contributed by atoms with Gasteiger partial charge in [0.2, 0.25) is 0 Å². The number of benzene rings is 1. The monoisotopic (exact) mass is 366 g/mol. The van der Waals surface area contributed by atoms with E-state index in [4.69, 9.17) is 21.1 Å². The molecule has 138 valence electrons. The molecule has 1 aliphatic rings. The lowest BCUT2D eigenvalue weighted by Gasteiger charge is -2.16. The van der Waals surface area contributed by atoms with Crippen molar-refractivity contribution in [2.24, 2.45) is 16.6 Å². The highest BCUT2D eigenvalue weighted by atomic mass is 31.2. The van der Waals surface area contributed by atoms with Crippen LogP contribution in [0.5, 0.6) is 0 Å². The maximum atomic E-state index is 9.64. The molecule has 0 radical (unpaired) electrons. The van der Waals surface area contributed by atoms with E-state index in [9.17, 15) is 4.89 Å². The van der Waals surface area contributed by atoms with Crippen molar-refractivity contribution in [3.8, 4) is 0 Å². The van der Waals surface area contributed by atoms with Crippen LogP contribution >= 0.6 is 8.38 Å². The van der Waals surface area contributed by atoms with Crippen LogP contribution in [0.15, 0.2) is 23.3 Å². The zero-order valence-electron chi connectivity index (χ0n) is 14.7. The van der Waals surface area contributed by atoms with Crippen LogP contribution in [0.25, 0.3) is 0 Å². The van der Waals surface area contributed by atoms with Crippen molar-refractivity contribution in [2.75, 3.05) is 26.4 Å². The largest absolute Gasteiger partial charge is 0.390 e. The van der Waals surface area contributed by atoms with Gasteiger partial charge < -0.3 is 20.9 Å². The Morgan fingerprint density at radius 2 is 2.16 bits per heavy atom. The number of fused-ring (bicyclic) bond motifs is 1. The number of hydrogen-bond donors (Lipinski definition) is 5. The number of hydrogen-bond acceptors (Lipinski definition) is 6. The van der Waals surface area contributed by atoms with Crippen LogP contribution in [0.1, 0.15) is 30.0 Å². The molecule has 0 fully saturated rings. The van der Waals surface area contributed by atoms with Gasteiger partial charge in [0, 0.05) is 30.9 Å². The highest BCUT2D eigenvalue weighted by Gasteiger charge is 2.22. The molecule has 0 heterocycles. The van der Waals surface area contributed by atoms with Crippen LogP contribution < -0.4 is 11.5 Å². The summed E-state index contributed by atoms with van der Waals surface area (Å²) in [5, 5.41) is 20.0. The van der Waals surface area contributed by atoms with Gasteiger partial charge in [0.15, 0.2) is 8.38 Å². The average molecular weight is 366 g/mol. The molecule has 1 aromatic rings. The maximum absolute atomic E-state index is 9.64. The summed E-state index contributed by atoms with van der Waals surface area (Å²) in [5.41, 5.74) is 14.0. The van der Waals surface area contributed by atoms with Gasteiger partial charge in [-0.15, -0.1) is 0 Å². The molecule has 0 bridgehead atoms. The van der Waals surface area contributed by atoms with E-state index in [2.05, 4.69) is 10.8 Å². The average Bonchev–Trinajstić information content (AvgIpc) is 2.97. The second kappa shape index (κ2) is 10.8. The number of nitrogens with zero attached hydrogens (tertiary/aromatic N) is 2. The van der Waals surface area contributed by atoms with Crippen molar-refractivity contribution < 1.29 is 9.42 Å². The number of nitrogen functional groups attached to an aromatic ring is 1. The van der Waals surface area contributed by atoms with Crippen molar-refractivity contribution in [3.05, 3.63) is 34.9 Å². The summed E-state index contributed by atoms with van der Waals surface area (Å²) in [6.45, 7) is 3.05. The van der Waals surface area contributed by atoms with Gasteiger partial charge in [-0.05, 0) is 25.3 Å². The molecule has 0 aromatic heterocycles. The number of nitrogens with two attached hydrogens (primary N) is 2. The number of nitrogens with one attached hydrogen (secondary N) is 2. The topological polar surface area (TPSA) is 145 Å². The molecule has 25 heavy (non-hydrogen) atoms. The van der Waals surface area contributed by atoms with E-state index in [1.807, 2.05) is 37.2 Å². The predicted octanol–water partition coefficient (Wildman–Crippen LogP) is 1.45. The molecular formula is C16H27N6O2P. The van der Waals surface area contributed by atoms with E-state index in [-0.39, 0.29) is 5.84 Å². The molecule has 7 N–H and O–H groups in total. The highest BCUT2D eigenvalue weighted by molar-refractivity contribution is 7.46. The third-order valence-corrected chi connectivity index (χ3v) is 4.71. The van der Waals surface area contributed by atoms with Crippen LogP contribution in [-0.2, 0) is 10.9 Å². The fraction of sp³-hybridized carbons (Fsp3) is 0.438. The van der Waals surface area contributed by atoms with E-state index in [0.29, 0.717) is 19.3 Å². The lowest BCUT2D eigenvalue weighted by molar-refractivity contribution is 0.317. The summed E-state index contributed by atoms with van der Waals surface area (Å²) in [6, 6.07) is 5.83. The van der Waals surface area contributed by atoms with Gasteiger partial charge in [0.1, 0.15) is 5.84 Å². The molecule has 0 spiro atoms. The Hall–Kier alpha value is -2.02. The molecule has 0 saturated carbocycles. The molecule has 1 unspecified atom stereocenters. The van der Waals surface area contributed by atoms with Crippen molar-refractivity contribution >= 4 is 26.3 Å². The molecule has 0 amide bonds. The lowest BCUT2D eigenvalue weighted by atomic mass is 10.0. The zero-order valence-corrected chi connectivity index (χ0v) is 15.6. The molecule has 2 rings (SSSR count). The van der Waals surface area contributed by atoms with Gasteiger partial charge in [-0.25, -0.2) is 0 Å². The summed E-state index contributed by atoms with van der Waals surface area (Å²) in [4.78, 5) is 9.64. The maximum Gasteiger partial charge on any atom is 0.169 e. The van der Waals surface area contributed by atoms with E-state index in [0.717, 1.165) is 41.6 Å². The SMILES string of the molecule is CCOP(O)CCN(C)/N=C1\CCc2c(C(=N)N)cccc21.N=CN. The Kier molecular flexibility index (Phi) is 9.05. The predicted molar refractivity (Wildman–Crippen MR) is 104 cm³/mol. The first-order chi connectivity index (χ1) is 11.9. The van der Waals surface area contributed by atoms with Crippen LogP contribution in [0.2, 0.25) is 0 Å². The molecule has 9 heteroatoms. The summed E-state index contributed by atoms with van der Waals surface area (Å²) in [6.07, 6.45) is 3.05. The normalized spacial score (nSPS) is 15.1. The van der Waals surface area contributed by atoms with Gasteiger partial charge in [0.25, 0.3) is 0 Å². The third kappa shape index (κ3) is 6.42. The van der Waals surface area contributed by atoms with Crippen molar-refractivity contribution in [3.63, 3.8) is 0 Å². The van der Waals surface area contributed by atoms with E-state index >= 15 is 0 Å². The Morgan fingerprint density at radius 1 is 1.48 bits per heavy atom. The first-order valence-electron chi connectivity index (χ1n) is 7.99. The van der Waals surface area contributed by atoms with Crippen molar-refractivity contribution in [2.45, 2.75) is 19.8 Å². The van der Waals surface area contributed by atoms with E-state index < -0.39 is 8.38 Å². The second-order valence-corrected chi connectivity index (χ2v) is 6.74.